The van der Waals surface area contributed by atoms with E-state index in [9.17, 15) is 4.79 Å². The van der Waals surface area contributed by atoms with Crippen molar-refractivity contribution in [2.45, 2.75) is 13.5 Å². The maximum Gasteiger partial charge on any atom is 0.263 e. The summed E-state index contributed by atoms with van der Waals surface area (Å²) in [4.78, 5) is 30.3. The van der Waals surface area contributed by atoms with Crippen LogP contribution in [0.1, 0.15) is 15.4 Å². The summed E-state index contributed by atoms with van der Waals surface area (Å²) >= 11 is 1.38. The van der Waals surface area contributed by atoms with E-state index in [4.69, 9.17) is 0 Å². The van der Waals surface area contributed by atoms with Gasteiger partial charge in [-0.1, -0.05) is 11.3 Å². The van der Waals surface area contributed by atoms with Gasteiger partial charge in [0, 0.05) is 50.3 Å². The van der Waals surface area contributed by atoms with Gasteiger partial charge < -0.3 is 14.5 Å². The van der Waals surface area contributed by atoms with E-state index in [0.29, 0.717) is 23.7 Å². The fourth-order valence-corrected chi connectivity index (χ4v) is 3.62. The van der Waals surface area contributed by atoms with Crippen LogP contribution in [0.2, 0.25) is 0 Å². The number of thiazole rings is 1. The smallest absolute Gasteiger partial charge is 0.263 e. The number of amides is 1. The molecule has 0 aromatic carbocycles. The van der Waals surface area contributed by atoms with Crippen molar-refractivity contribution in [3.05, 3.63) is 66.1 Å². The SMILES string of the molecule is Cc1nc(-n2cccc2)sc1C(=O)NCCn1ccnc1-c1cnccn1. The van der Waals surface area contributed by atoms with Crippen LogP contribution in [-0.2, 0) is 6.54 Å². The number of carbonyl (C=O) groups excluding carboxylic acids is 1. The van der Waals surface area contributed by atoms with Gasteiger partial charge in [0.2, 0.25) is 0 Å². The Morgan fingerprint density at radius 2 is 2.00 bits per heavy atom. The summed E-state index contributed by atoms with van der Waals surface area (Å²) in [5.41, 5.74) is 1.42. The fraction of sp³-hybridized carbons (Fsp3) is 0.167. The topological polar surface area (TPSA) is 90.5 Å². The molecule has 0 atom stereocenters. The van der Waals surface area contributed by atoms with Crippen LogP contribution in [0, 0.1) is 6.92 Å². The van der Waals surface area contributed by atoms with Crippen molar-refractivity contribution in [1.82, 2.24) is 34.4 Å². The fourth-order valence-electron chi connectivity index (χ4n) is 2.67. The third kappa shape index (κ3) is 3.63. The van der Waals surface area contributed by atoms with Crippen LogP contribution in [0.3, 0.4) is 0 Å². The molecule has 1 amide bonds. The zero-order valence-corrected chi connectivity index (χ0v) is 15.4. The van der Waals surface area contributed by atoms with Crippen molar-refractivity contribution >= 4 is 17.2 Å². The van der Waals surface area contributed by atoms with Gasteiger partial charge in [0.25, 0.3) is 5.91 Å². The number of nitrogens with zero attached hydrogens (tertiary/aromatic N) is 6. The van der Waals surface area contributed by atoms with Crippen molar-refractivity contribution in [1.29, 1.82) is 0 Å². The molecule has 4 heterocycles. The molecule has 0 aliphatic carbocycles. The largest absolute Gasteiger partial charge is 0.349 e. The Morgan fingerprint density at radius 3 is 2.78 bits per heavy atom. The first kappa shape index (κ1) is 17.1. The first-order valence-electron chi connectivity index (χ1n) is 8.39. The van der Waals surface area contributed by atoms with Gasteiger partial charge in [-0.3, -0.25) is 9.78 Å². The lowest BCUT2D eigenvalue weighted by Crippen LogP contribution is -2.27. The molecule has 0 saturated carbocycles. The van der Waals surface area contributed by atoms with Crippen molar-refractivity contribution in [3.63, 3.8) is 0 Å². The highest BCUT2D eigenvalue weighted by atomic mass is 32.1. The number of rotatable bonds is 6. The van der Waals surface area contributed by atoms with Gasteiger partial charge in [0.05, 0.1) is 11.9 Å². The third-order valence-electron chi connectivity index (χ3n) is 3.96. The summed E-state index contributed by atoms with van der Waals surface area (Å²) in [5.74, 6) is 0.603. The van der Waals surface area contributed by atoms with E-state index in [-0.39, 0.29) is 5.91 Å². The Morgan fingerprint density at radius 1 is 1.15 bits per heavy atom. The predicted molar refractivity (Wildman–Crippen MR) is 102 cm³/mol. The molecular formula is C18H17N7OS. The summed E-state index contributed by atoms with van der Waals surface area (Å²) in [6.45, 7) is 2.90. The quantitative estimate of drug-likeness (QED) is 0.555. The van der Waals surface area contributed by atoms with Gasteiger partial charge >= 0.3 is 0 Å². The van der Waals surface area contributed by atoms with Gasteiger partial charge in [-0.2, -0.15) is 0 Å². The standard InChI is InChI=1S/C18H17N7OS/c1-13-15(27-18(23-13)25-8-2-3-9-25)17(26)22-7-11-24-10-6-21-16(24)14-12-19-4-5-20-14/h2-6,8-10,12H,7,11H2,1H3,(H,22,26). The number of nitrogens with one attached hydrogen (secondary N) is 1. The summed E-state index contributed by atoms with van der Waals surface area (Å²) in [6.07, 6.45) is 12.3. The molecule has 0 saturated heterocycles. The van der Waals surface area contributed by atoms with Gasteiger partial charge in [-0.05, 0) is 19.1 Å². The van der Waals surface area contributed by atoms with Crippen molar-refractivity contribution in [2.75, 3.05) is 6.54 Å². The first-order chi connectivity index (χ1) is 13.2. The molecule has 0 unspecified atom stereocenters. The molecule has 1 N–H and O–H groups in total. The molecule has 9 heteroatoms. The van der Waals surface area contributed by atoms with E-state index in [0.717, 1.165) is 16.6 Å². The monoisotopic (exact) mass is 379 g/mol. The van der Waals surface area contributed by atoms with E-state index in [1.807, 2.05) is 46.8 Å². The number of imidazole rings is 1. The number of hydrogen-bond donors (Lipinski definition) is 1. The third-order valence-corrected chi connectivity index (χ3v) is 5.13. The maximum atomic E-state index is 12.5. The van der Waals surface area contributed by atoms with Crippen molar-refractivity contribution in [2.24, 2.45) is 0 Å². The highest BCUT2D eigenvalue weighted by Crippen LogP contribution is 2.21. The van der Waals surface area contributed by atoms with Gasteiger partial charge in [0.1, 0.15) is 10.6 Å². The molecule has 8 nitrogen and oxygen atoms in total. The molecule has 4 rings (SSSR count). The lowest BCUT2D eigenvalue weighted by Gasteiger charge is -2.08. The van der Waals surface area contributed by atoms with E-state index < -0.39 is 0 Å². The second-order valence-electron chi connectivity index (χ2n) is 5.79. The lowest BCUT2D eigenvalue weighted by atomic mass is 10.3. The zero-order chi connectivity index (χ0) is 18.6. The Labute approximate surface area is 159 Å². The van der Waals surface area contributed by atoms with E-state index >= 15 is 0 Å². The van der Waals surface area contributed by atoms with Crippen molar-refractivity contribution < 1.29 is 4.79 Å². The van der Waals surface area contributed by atoms with Crippen LogP contribution in [0.25, 0.3) is 16.6 Å². The van der Waals surface area contributed by atoms with Gasteiger partial charge in [-0.15, -0.1) is 0 Å². The lowest BCUT2D eigenvalue weighted by molar-refractivity contribution is 0.0955. The molecule has 0 bridgehead atoms. The second kappa shape index (κ2) is 7.50. The van der Waals surface area contributed by atoms with Crippen LogP contribution in [-0.4, -0.2) is 41.5 Å². The highest BCUT2D eigenvalue weighted by Gasteiger charge is 2.16. The van der Waals surface area contributed by atoms with Crippen LogP contribution >= 0.6 is 11.3 Å². The minimum atomic E-state index is -0.121. The summed E-state index contributed by atoms with van der Waals surface area (Å²) in [5, 5.41) is 3.73. The molecule has 0 aliphatic rings. The normalized spacial score (nSPS) is 10.9. The number of aryl methyl sites for hydroxylation is 1. The van der Waals surface area contributed by atoms with Crippen LogP contribution in [0.5, 0.6) is 0 Å². The first-order valence-corrected chi connectivity index (χ1v) is 9.20. The average Bonchev–Trinajstić information content (AvgIpc) is 3.43. The average molecular weight is 379 g/mol. The van der Waals surface area contributed by atoms with Crippen LogP contribution < -0.4 is 5.32 Å². The molecule has 0 spiro atoms. The van der Waals surface area contributed by atoms with Crippen molar-refractivity contribution in [3.8, 4) is 16.6 Å². The van der Waals surface area contributed by atoms with Gasteiger partial charge in [0.15, 0.2) is 11.0 Å². The summed E-state index contributed by atoms with van der Waals surface area (Å²) in [7, 11) is 0. The van der Waals surface area contributed by atoms with Crippen LogP contribution in [0.4, 0.5) is 0 Å². The number of carbonyl (C=O) groups is 1. The Kier molecular flexibility index (Phi) is 4.75. The molecule has 4 aromatic rings. The number of aromatic nitrogens is 6. The minimum Gasteiger partial charge on any atom is -0.349 e. The maximum absolute atomic E-state index is 12.5. The Balaban J connectivity index is 1.41. The predicted octanol–water partition coefficient (Wildman–Crippen LogP) is 2.33. The molecule has 27 heavy (non-hydrogen) atoms. The molecule has 136 valence electrons. The minimum absolute atomic E-state index is 0.121. The molecule has 4 aromatic heterocycles. The molecule has 0 aliphatic heterocycles. The summed E-state index contributed by atoms with van der Waals surface area (Å²) in [6, 6.07) is 3.85. The Bertz CT molecular complexity index is 1040. The Hall–Kier alpha value is -3.33. The molecule has 0 radical (unpaired) electrons. The second-order valence-corrected chi connectivity index (χ2v) is 6.77. The zero-order valence-electron chi connectivity index (χ0n) is 14.6. The van der Waals surface area contributed by atoms with E-state index in [1.165, 1.54) is 11.3 Å². The number of hydrogen-bond acceptors (Lipinski definition) is 6. The van der Waals surface area contributed by atoms with E-state index in [2.05, 4.69) is 25.3 Å². The van der Waals surface area contributed by atoms with Crippen LogP contribution in [0.15, 0.2) is 55.5 Å². The molecule has 0 fully saturated rings. The summed E-state index contributed by atoms with van der Waals surface area (Å²) < 4.78 is 3.84. The highest BCUT2D eigenvalue weighted by molar-refractivity contribution is 7.16. The van der Waals surface area contributed by atoms with E-state index in [1.54, 1.807) is 24.8 Å². The molecular weight excluding hydrogens is 362 g/mol. The van der Waals surface area contributed by atoms with Gasteiger partial charge in [-0.25, -0.2) is 15.0 Å².